The molecule has 0 saturated carbocycles. The van der Waals surface area contributed by atoms with Gasteiger partial charge < -0.3 is 20.5 Å². The van der Waals surface area contributed by atoms with E-state index in [0.717, 1.165) is 12.1 Å². The molecule has 0 fully saturated rings. The zero-order chi connectivity index (χ0) is 15.8. The number of hydrogen-bond acceptors (Lipinski definition) is 6. The average molecular weight is 318 g/mol. The number of halogens is 1. The van der Waals surface area contributed by atoms with Gasteiger partial charge in [-0.3, -0.25) is 14.9 Å². The molecule has 116 valence electrons. The summed E-state index contributed by atoms with van der Waals surface area (Å²) in [7, 11) is 1.56. The second kappa shape index (κ2) is 8.40. The zero-order valence-corrected chi connectivity index (χ0v) is 12.2. The first-order chi connectivity index (χ1) is 9.97. The summed E-state index contributed by atoms with van der Waals surface area (Å²) in [4.78, 5) is 22.0. The van der Waals surface area contributed by atoms with E-state index >= 15 is 0 Å². The molecule has 1 aromatic rings. The fraction of sp³-hybridized carbons (Fsp3) is 0.417. The van der Waals surface area contributed by atoms with Crippen molar-refractivity contribution in [1.29, 1.82) is 0 Å². The molecule has 0 aromatic heterocycles. The van der Waals surface area contributed by atoms with Crippen molar-refractivity contribution < 1.29 is 19.2 Å². The Morgan fingerprint density at radius 3 is 2.76 bits per heavy atom. The minimum absolute atomic E-state index is 0.0000630. The minimum atomic E-state index is -0.643. The Morgan fingerprint density at radius 1 is 1.43 bits per heavy atom. The lowest BCUT2D eigenvalue weighted by Crippen LogP contribution is -2.28. The lowest BCUT2D eigenvalue weighted by molar-refractivity contribution is -0.384. The van der Waals surface area contributed by atoms with Crippen LogP contribution in [0.1, 0.15) is 10.4 Å². The molecule has 0 unspecified atom stereocenters. The number of amides is 1. The molecule has 0 aliphatic heterocycles. The number of methoxy groups -OCH3 is 1. The summed E-state index contributed by atoms with van der Waals surface area (Å²) in [6.45, 7) is 1.40. The van der Waals surface area contributed by atoms with Crippen molar-refractivity contribution in [2.45, 2.75) is 0 Å². The van der Waals surface area contributed by atoms with Gasteiger partial charge in [0, 0.05) is 25.8 Å². The second-order valence-electron chi connectivity index (χ2n) is 4.01. The van der Waals surface area contributed by atoms with Gasteiger partial charge in [0.25, 0.3) is 11.6 Å². The molecule has 0 saturated heterocycles. The number of nitrogens with one attached hydrogen (secondary N) is 1. The summed E-state index contributed by atoms with van der Waals surface area (Å²) in [5, 5.41) is 13.3. The third kappa shape index (κ3) is 5.18. The van der Waals surface area contributed by atoms with Crippen molar-refractivity contribution >= 4 is 28.9 Å². The van der Waals surface area contributed by atoms with Crippen molar-refractivity contribution in [2.75, 3.05) is 39.2 Å². The topological polar surface area (TPSA) is 117 Å². The molecular formula is C12H16ClN3O5. The molecule has 0 atom stereocenters. The molecule has 3 N–H and O–H groups in total. The van der Waals surface area contributed by atoms with E-state index in [-0.39, 0.29) is 35.1 Å². The Balaban J connectivity index is 2.63. The molecule has 9 heteroatoms. The van der Waals surface area contributed by atoms with E-state index in [1.165, 1.54) is 0 Å². The van der Waals surface area contributed by atoms with Gasteiger partial charge in [-0.25, -0.2) is 0 Å². The summed E-state index contributed by atoms with van der Waals surface area (Å²) >= 11 is 5.78. The number of carbonyl (C=O) groups is 1. The number of nitro groups is 1. The zero-order valence-electron chi connectivity index (χ0n) is 11.4. The van der Waals surface area contributed by atoms with E-state index in [2.05, 4.69) is 5.32 Å². The van der Waals surface area contributed by atoms with Crippen LogP contribution in [0.15, 0.2) is 12.1 Å². The van der Waals surface area contributed by atoms with Crippen molar-refractivity contribution in [3.05, 3.63) is 32.8 Å². The second-order valence-corrected chi connectivity index (χ2v) is 4.41. The number of benzene rings is 1. The van der Waals surface area contributed by atoms with Crippen LogP contribution < -0.4 is 11.1 Å². The monoisotopic (exact) mass is 317 g/mol. The largest absolute Gasteiger partial charge is 0.397 e. The smallest absolute Gasteiger partial charge is 0.271 e. The third-order valence-corrected chi connectivity index (χ3v) is 2.85. The van der Waals surface area contributed by atoms with E-state index in [4.69, 9.17) is 26.8 Å². The highest BCUT2D eigenvalue weighted by atomic mass is 35.5. The number of carbonyl (C=O) groups excluding carboxylic acids is 1. The first-order valence-electron chi connectivity index (χ1n) is 6.05. The number of hydrogen-bond donors (Lipinski definition) is 2. The Morgan fingerprint density at radius 2 is 2.14 bits per heavy atom. The maximum atomic E-state index is 11.9. The third-order valence-electron chi connectivity index (χ3n) is 2.53. The molecule has 0 spiro atoms. The maximum Gasteiger partial charge on any atom is 0.271 e. The molecule has 0 heterocycles. The van der Waals surface area contributed by atoms with E-state index in [0.29, 0.717) is 13.2 Å². The summed E-state index contributed by atoms with van der Waals surface area (Å²) in [6.07, 6.45) is 0. The highest BCUT2D eigenvalue weighted by molar-refractivity contribution is 6.34. The molecule has 0 radical (unpaired) electrons. The Hall–Kier alpha value is -1.90. The first-order valence-corrected chi connectivity index (χ1v) is 6.43. The Bertz CT molecular complexity index is 524. The van der Waals surface area contributed by atoms with Crippen molar-refractivity contribution in [3.63, 3.8) is 0 Å². The van der Waals surface area contributed by atoms with Crippen LogP contribution in [-0.2, 0) is 9.47 Å². The van der Waals surface area contributed by atoms with Crippen LogP contribution in [0.25, 0.3) is 0 Å². The standard InChI is InChI=1S/C12H16ClN3O5/c1-20-4-5-21-3-2-15-12(17)9-6-8(16(18)19)7-10(13)11(9)14/h6-7H,2-5,14H2,1H3,(H,15,17). The number of non-ortho nitro benzene ring substituents is 1. The quantitative estimate of drug-likeness (QED) is 0.322. The average Bonchev–Trinajstić information content (AvgIpc) is 2.44. The SMILES string of the molecule is COCCOCCNC(=O)c1cc([N+](=O)[O-])cc(Cl)c1N. The normalized spacial score (nSPS) is 10.4. The number of nitrogens with zero attached hydrogens (tertiary/aromatic N) is 1. The number of anilines is 1. The Labute approximate surface area is 126 Å². The van der Waals surface area contributed by atoms with Crippen LogP contribution in [0, 0.1) is 10.1 Å². The van der Waals surface area contributed by atoms with E-state index in [1.807, 2.05) is 0 Å². The molecule has 21 heavy (non-hydrogen) atoms. The van der Waals surface area contributed by atoms with Crippen LogP contribution in [0.5, 0.6) is 0 Å². The van der Waals surface area contributed by atoms with Crippen LogP contribution in [0.4, 0.5) is 11.4 Å². The van der Waals surface area contributed by atoms with Gasteiger partial charge in [0.2, 0.25) is 0 Å². The van der Waals surface area contributed by atoms with Gasteiger partial charge in [-0.1, -0.05) is 11.6 Å². The van der Waals surface area contributed by atoms with Crippen LogP contribution in [-0.4, -0.2) is 44.3 Å². The molecule has 1 rings (SSSR count). The summed E-state index contributed by atoms with van der Waals surface area (Å²) in [5.41, 5.74) is 5.33. The van der Waals surface area contributed by atoms with Crippen molar-refractivity contribution in [1.82, 2.24) is 5.32 Å². The van der Waals surface area contributed by atoms with Crippen molar-refractivity contribution in [2.24, 2.45) is 0 Å². The number of nitro benzene ring substituents is 1. The summed E-state index contributed by atoms with van der Waals surface area (Å²) in [6, 6.07) is 2.18. The fourth-order valence-electron chi connectivity index (χ4n) is 1.47. The fourth-order valence-corrected chi connectivity index (χ4v) is 1.69. The lowest BCUT2D eigenvalue weighted by Gasteiger charge is -2.09. The van der Waals surface area contributed by atoms with Gasteiger partial charge in [-0.2, -0.15) is 0 Å². The molecule has 0 bridgehead atoms. The van der Waals surface area contributed by atoms with Gasteiger partial charge >= 0.3 is 0 Å². The summed E-state index contributed by atoms with van der Waals surface area (Å²) < 4.78 is 9.97. The molecule has 1 aromatic carbocycles. The van der Waals surface area contributed by atoms with Crippen molar-refractivity contribution in [3.8, 4) is 0 Å². The van der Waals surface area contributed by atoms with Crippen LogP contribution in [0.2, 0.25) is 5.02 Å². The van der Waals surface area contributed by atoms with Gasteiger partial charge in [0.1, 0.15) is 0 Å². The first kappa shape index (κ1) is 17.2. The molecule has 1 amide bonds. The number of ether oxygens (including phenoxy) is 2. The van der Waals surface area contributed by atoms with E-state index in [9.17, 15) is 14.9 Å². The van der Waals surface area contributed by atoms with Gasteiger partial charge in [-0.05, 0) is 0 Å². The van der Waals surface area contributed by atoms with E-state index < -0.39 is 10.8 Å². The van der Waals surface area contributed by atoms with E-state index in [1.54, 1.807) is 7.11 Å². The maximum absolute atomic E-state index is 11.9. The van der Waals surface area contributed by atoms with Gasteiger partial charge in [0.15, 0.2) is 0 Å². The highest BCUT2D eigenvalue weighted by Gasteiger charge is 2.18. The predicted molar refractivity (Wildman–Crippen MR) is 77.5 cm³/mol. The molecule has 0 aliphatic carbocycles. The Kier molecular flexibility index (Phi) is 6.86. The number of rotatable bonds is 8. The minimum Gasteiger partial charge on any atom is -0.397 e. The molecule has 8 nitrogen and oxygen atoms in total. The highest BCUT2D eigenvalue weighted by Crippen LogP contribution is 2.28. The molecular weight excluding hydrogens is 302 g/mol. The van der Waals surface area contributed by atoms with Gasteiger partial charge in [0.05, 0.1) is 41.0 Å². The number of nitrogen functional groups attached to an aromatic ring is 1. The number of nitrogens with two attached hydrogens (primary N) is 1. The van der Waals surface area contributed by atoms with Crippen LogP contribution >= 0.6 is 11.6 Å². The molecule has 0 aliphatic rings. The van der Waals surface area contributed by atoms with Gasteiger partial charge in [-0.15, -0.1) is 0 Å². The lowest BCUT2D eigenvalue weighted by atomic mass is 10.1. The predicted octanol–water partition coefficient (Wildman–Crippen LogP) is 1.22. The van der Waals surface area contributed by atoms with Crippen LogP contribution in [0.3, 0.4) is 0 Å². The summed E-state index contributed by atoms with van der Waals surface area (Å²) in [5.74, 6) is -0.548.